The summed E-state index contributed by atoms with van der Waals surface area (Å²) in [6.07, 6.45) is 11.6. The Hall–Kier alpha value is -0.370. The van der Waals surface area contributed by atoms with Gasteiger partial charge < -0.3 is 4.74 Å². The molecule has 1 aliphatic heterocycles. The Morgan fingerprint density at radius 2 is 1.86 bits per heavy atom. The molecule has 2 heteroatoms. The second-order valence-corrected chi connectivity index (χ2v) is 9.15. The highest BCUT2D eigenvalue weighted by molar-refractivity contribution is 5.87. The summed E-state index contributed by atoms with van der Waals surface area (Å²) in [5.74, 6) is 2.80. The van der Waals surface area contributed by atoms with Crippen molar-refractivity contribution in [3.63, 3.8) is 0 Å². The summed E-state index contributed by atoms with van der Waals surface area (Å²) in [6.45, 7) is 4.82. The van der Waals surface area contributed by atoms with Crippen LogP contribution in [0.5, 0.6) is 0 Å². The lowest BCUT2D eigenvalue weighted by Gasteiger charge is -2.57. The molecule has 0 aromatic heterocycles. The second kappa shape index (κ2) is 3.75. The Bertz CT molecular complexity index is 514. The van der Waals surface area contributed by atoms with E-state index in [4.69, 9.17) is 4.74 Å². The van der Waals surface area contributed by atoms with Crippen LogP contribution in [0.4, 0.5) is 0 Å². The molecule has 4 saturated carbocycles. The van der Waals surface area contributed by atoms with Crippen molar-refractivity contribution in [2.75, 3.05) is 0 Å². The summed E-state index contributed by atoms with van der Waals surface area (Å²) in [6, 6.07) is 0. The molecule has 1 saturated heterocycles. The monoisotopic (exact) mass is 288 g/mol. The van der Waals surface area contributed by atoms with E-state index in [2.05, 4.69) is 13.8 Å². The van der Waals surface area contributed by atoms with Crippen molar-refractivity contribution >= 4 is 5.78 Å². The van der Waals surface area contributed by atoms with E-state index >= 15 is 0 Å². The van der Waals surface area contributed by atoms with Gasteiger partial charge in [-0.25, -0.2) is 0 Å². The van der Waals surface area contributed by atoms with Crippen molar-refractivity contribution in [1.29, 1.82) is 0 Å². The van der Waals surface area contributed by atoms with Gasteiger partial charge in [-0.2, -0.15) is 0 Å². The number of epoxide rings is 1. The van der Waals surface area contributed by atoms with Crippen LogP contribution in [0.3, 0.4) is 0 Å². The quantitative estimate of drug-likeness (QED) is 0.628. The van der Waals surface area contributed by atoms with E-state index in [0.717, 1.165) is 31.1 Å². The maximum Gasteiger partial charge on any atom is 0.139 e. The van der Waals surface area contributed by atoms with Gasteiger partial charge in [0, 0.05) is 17.3 Å². The van der Waals surface area contributed by atoms with Crippen molar-refractivity contribution in [1.82, 2.24) is 0 Å². The summed E-state index contributed by atoms with van der Waals surface area (Å²) in [7, 11) is 0. The molecule has 116 valence electrons. The molecule has 5 rings (SSSR count). The molecule has 4 aliphatic carbocycles. The van der Waals surface area contributed by atoms with Gasteiger partial charge in [-0.05, 0) is 56.3 Å². The van der Waals surface area contributed by atoms with E-state index in [-0.39, 0.29) is 11.0 Å². The fourth-order valence-electron chi connectivity index (χ4n) is 7.48. The summed E-state index contributed by atoms with van der Waals surface area (Å²) in [5.41, 5.74) is 0.676. The highest BCUT2D eigenvalue weighted by Gasteiger charge is 2.75. The van der Waals surface area contributed by atoms with E-state index in [1.54, 1.807) is 0 Å². The van der Waals surface area contributed by atoms with Gasteiger partial charge in [0.1, 0.15) is 11.4 Å². The van der Waals surface area contributed by atoms with Gasteiger partial charge in [0.15, 0.2) is 0 Å². The third kappa shape index (κ3) is 1.33. The van der Waals surface area contributed by atoms with Gasteiger partial charge in [0.05, 0.1) is 6.10 Å². The zero-order valence-electron chi connectivity index (χ0n) is 13.5. The maximum absolute atomic E-state index is 12.4. The second-order valence-electron chi connectivity index (χ2n) is 9.15. The largest absolute Gasteiger partial charge is 0.365 e. The molecule has 2 unspecified atom stereocenters. The van der Waals surface area contributed by atoms with Crippen LogP contribution < -0.4 is 0 Å². The third-order valence-corrected chi connectivity index (χ3v) is 8.73. The van der Waals surface area contributed by atoms with Gasteiger partial charge in [-0.1, -0.05) is 26.7 Å². The molecular formula is C19H28O2. The number of carbonyl (C=O) groups excluding carboxylic acids is 1. The molecule has 5 aliphatic rings. The van der Waals surface area contributed by atoms with Crippen LogP contribution >= 0.6 is 0 Å². The lowest BCUT2D eigenvalue weighted by atomic mass is 9.45. The molecule has 2 nitrogen and oxygen atoms in total. The number of fused-ring (bicyclic) bond motifs is 4. The lowest BCUT2D eigenvalue weighted by molar-refractivity contribution is -0.135. The van der Waals surface area contributed by atoms with Gasteiger partial charge >= 0.3 is 0 Å². The Labute approximate surface area is 128 Å². The number of ether oxygens (including phenoxy) is 1. The highest BCUT2D eigenvalue weighted by atomic mass is 16.6. The minimum atomic E-state index is 0.0150. The van der Waals surface area contributed by atoms with E-state index in [0.29, 0.717) is 23.2 Å². The normalized spacial score (nSPS) is 61.5. The minimum Gasteiger partial charge on any atom is -0.365 e. The Kier molecular flexibility index (Phi) is 2.34. The van der Waals surface area contributed by atoms with E-state index in [1.165, 1.54) is 38.5 Å². The molecule has 0 aromatic carbocycles. The lowest BCUT2D eigenvalue weighted by Crippen LogP contribution is -2.57. The molecule has 7 atom stereocenters. The number of rotatable bonds is 0. The van der Waals surface area contributed by atoms with Crippen LogP contribution in [-0.4, -0.2) is 17.5 Å². The SMILES string of the molecule is C[C@]12CC[C@@H]3[C@@H](CC4OC45CCCC[C@]35C)[C@@H]1CCC2=O. The summed E-state index contributed by atoms with van der Waals surface area (Å²) < 4.78 is 6.39. The van der Waals surface area contributed by atoms with Crippen molar-refractivity contribution < 1.29 is 9.53 Å². The van der Waals surface area contributed by atoms with Crippen molar-refractivity contribution in [3.8, 4) is 0 Å². The Balaban J connectivity index is 1.55. The fraction of sp³-hybridized carbons (Fsp3) is 0.947. The summed E-state index contributed by atoms with van der Waals surface area (Å²) in [5, 5.41) is 0. The zero-order chi connectivity index (χ0) is 14.5. The number of hydrogen-bond acceptors (Lipinski definition) is 2. The molecular weight excluding hydrogens is 260 g/mol. The number of ketones is 1. The number of carbonyl (C=O) groups is 1. The van der Waals surface area contributed by atoms with Crippen LogP contribution in [0, 0.1) is 28.6 Å². The van der Waals surface area contributed by atoms with Crippen LogP contribution in [0.25, 0.3) is 0 Å². The van der Waals surface area contributed by atoms with E-state index < -0.39 is 0 Å². The van der Waals surface area contributed by atoms with Gasteiger partial charge in [0.25, 0.3) is 0 Å². The molecule has 0 N–H and O–H groups in total. The zero-order valence-corrected chi connectivity index (χ0v) is 13.5. The minimum absolute atomic E-state index is 0.0150. The van der Waals surface area contributed by atoms with Crippen molar-refractivity contribution in [2.24, 2.45) is 28.6 Å². The molecule has 5 fully saturated rings. The smallest absolute Gasteiger partial charge is 0.139 e. The van der Waals surface area contributed by atoms with Gasteiger partial charge in [-0.15, -0.1) is 0 Å². The predicted octanol–water partition coefficient (Wildman–Crippen LogP) is 4.12. The van der Waals surface area contributed by atoms with Crippen LogP contribution in [0.2, 0.25) is 0 Å². The number of hydrogen-bond donors (Lipinski definition) is 0. The average Bonchev–Trinajstić information content (AvgIpc) is 3.08. The fourth-order valence-corrected chi connectivity index (χ4v) is 7.48. The van der Waals surface area contributed by atoms with Crippen LogP contribution in [0.1, 0.15) is 71.6 Å². The standard InChI is InChI=1S/C19H28O2/c1-17-10-7-14-12(13(17)5-6-15(17)20)11-16-19(21-16)9-4-3-8-18(14,19)2/h12-14,16H,3-11H2,1-2H3/t12-,13-,14+,16?,17-,18+,19?/m0/s1. The van der Waals surface area contributed by atoms with Gasteiger partial charge in [-0.3, -0.25) is 4.79 Å². The molecule has 0 aromatic rings. The third-order valence-electron chi connectivity index (χ3n) is 8.73. The van der Waals surface area contributed by atoms with Crippen LogP contribution in [0.15, 0.2) is 0 Å². The molecule has 21 heavy (non-hydrogen) atoms. The summed E-state index contributed by atoms with van der Waals surface area (Å²) >= 11 is 0. The molecule has 1 spiro atoms. The Morgan fingerprint density at radius 1 is 1.05 bits per heavy atom. The first-order valence-electron chi connectivity index (χ1n) is 9.22. The Morgan fingerprint density at radius 3 is 2.71 bits per heavy atom. The molecule has 1 heterocycles. The predicted molar refractivity (Wildman–Crippen MR) is 80.8 cm³/mol. The van der Waals surface area contributed by atoms with E-state index in [9.17, 15) is 4.79 Å². The first-order valence-corrected chi connectivity index (χ1v) is 9.22. The van der Waals surface area contributed by atoms with E-state index in [1.807, 2.05) is 0 Å². The molecule has 0 radical (unpaired) electrons. The molecule has 0 amide bonds. The first-order chi connectivity index (χ1) is 10.0. The maximum atomic E-state index is 12.4. The van der Waals surface area contributed by atoms with Gasteiger partial charge in [0.2, 0.25) is 0 Å². The first kappa shape index (κ1) is 13.1. The summed E-state index contributed by atoms with van der Waals surface area (Å²) in [4.78, 5) is 12.4. The number of Topliss-reactive ketones (excluding diaryl/α,β-unsaturated/α-hetero) is 1. The topological polar surface area (TPSA) is 29.6 Å². The highest BCUT2D eigenvalue weighted by Crippen LogP contribution is 2.72. The van der Waals surface area contributed by atoms with Crippen LogP contribution in [-0.2, 0) is 9.53 Å². The van der Waals surface area contributed by atoms with Crippen molar-refractivity contribution in [3.05, 3.63) is 0 Å². The molecule has 0 bridgehead atoms. The average molecular weight is 288 g/mol. The van der Waals surface area contributed by atoms with Crippen molar-refractivity contribution in [2.45, 2.75) is 83.3 Å².